The maximum atomic E-state index is 5.31. The highest BCUT2D eigenvalue weighted by atomic mass is 35.5. The van der Waals surface area contributed by atoms with Crippen LogP contribution in [-0.4, -0.2) is 16.7 Å². The molecule has 1 aromatic carbocycles. The molecule has 2 aromatic rings. The number of aromatic nitrogens is 2. The summed E-state index contributed by atoms with van der Waals surface area (Å²) in [6.45, 7) is 1.05. The smallest absolute Gasteiger partial charge is 0.243 e. The van der Waals surface area contributed by atoms with Crippen molar-refractivity contribution in [2.45, 2.75) is 31.7 Å². The maximum absolute atomic E-state index is 5.31. The average Bonchev–Trinajstić information content (AvgIpc) is 3.08. The highest BCUT2D eigenvalue weighted by Gasteiger charge is 2.22. The van der Waals surface area contributed by atoms with Crippen molar-refractivity contribution in [1.29, 1.82) is 0 Å². The Labute approximate surface area is 119 Å². The summed E-state index contributed by atoms with van der Waals surface area (Å²) in [6, 6.07) is 10.7. The SMILES string of the molecule is Cl.c1ccc(CCc2noc([C@@H]3CCCN3)n2)cc1. The highest BCUT2D eigenvalue weighted by Crippen LogP contribution is 2.21. The molecule has 0 unspecified atom stereocenters. The third-order valence-electron chi connectivity index (χ3n) is 3.32. The lowest BCUT2D eigenvalue weighted by atomic mass is 10.1. The highest BCUT2D eigenvalue weighted by molar-refractivity contribution is 5.85. The first-order valence-electron chi connectivity index (χ1n) is 6.51. The van der Waals surface area contributed by atoms with E-state index in [0.29, 0.717) is 0 Å². The molecule has 0 spiro atoms. The van der Waals surface area contributed by atoms with Crippen molar-refractivity contribution in [3.05, 3.63) is 47.6 Å². The van der Waals surface area contributed by atoms with Gasteiger partial charge < -0.3 is 9.84 Å². The van der Waals surface area contributed by atoms with Gasteiger partial charge >= 0.3 is 0 Å². The topological polar surface area (TPSA) is 51.0 Å². The zero-order valence-corrected chi connectivity index (χ0v) is 11.5. The third-order valence-corrected chi connectivity index (χ3v) is 3.32. The molecule has 2 heterocycles. The van der Waals surface area contributed by atoms with Gasteiger partial charge in [-0.15, -0.1) is 12.4 Å². The Morgan fingerprint density at radius 1 is 1.21 bits per heavy atom. The molecule has 102 valence electrons. The molecule has 1 aliphatic heterocycles. The molecule has 1 atom stereocenters. The van der Waals surface area contributed by atoms with Gasteiger partial charge in [0.2, 0.25) is 5.89 Å². The zero-order valence-electron chi connectivity index (χ0n) is 10.7. The van der Waals surface area contributed by atoms with Crippen LogP contribution >= 0.6 is 12.4 Å². The van der Waals surface area contributed by atoms with Crippen LogP contribution in [0, 0.1) is 0 Å². The van der Waals surface area contributed by atoms with Crippen LogP contribution in [-0.2, 0) is 12.8 Å². The van der Waals surface area contributed by atoms with Crippen molar-refractivity contribution in [3.63, 3.8) is 0 Å². The molecule has 0 amide bonds. The summed E-state index contributed by atoms with van der Waals surface area (Å²) in [5.41, 5.74) is 1.31. The monoisotopic (exact) mass is 279 g/mol. The molecule has 1 N–H and O–H groups in total. The first kappa shape index (κ1) is 14.0. The second-order valence-electron chi connectivity index (χ2n) is 4.68. The number of halogens is 1. The van der Waals surface area contributed by atoms with Crippen molar-refractivity contribution in [1.82, 2.24) is 15.5 Å². The van der Waals surface area contributed by atoms with Crippen LogP contribution in [0.3, 0.4) is 0 Å². The van der Waals surface area contributed by atoms with E-state index in [1.54, 1.807) is 0 Å². The summed E-state index contributed by atoms with van der Waals surface area (Å²) in [4.78, 5) is 4.47. The number of benzene rings is 1. The maximum Gasteiger partial charge on any atom is 0.243 e. The number of rotatable bonds is 4. The third kappa shape index (κ3) is 3.55. The lowest BCUT2D eigenvalue weighted by Gasteiger charge is -2.01. The predicted molar refractivity (Wildman–Crippen MR) is 75.4 cm³/mol. The quantitative estimate of drug-likeness (QED) is 0.935. The van der Waals surface area contributed by atoms with E-state index in [0.717, 1.165) is 37.5 Å². The summed E-state index contributed by atoms with van der Waals surface area (Å²) >= 11 is 0. The van der Waals surface area contributed by atoms with Crippen LogP contribution in [0.15, 0.2) is 34.9 Å². The van der Waals surface area contributed by atoms with Crippen LogP contribution in [0.2, 0.25) is 0 Å². The second kappa shape index (κ2) is 6.68. The number of aryl methyl sites for hydroxylation is 2. The van der Waals surface area contributed by atoms with Gasteiger partial charge in [-0.1, -0.05) is 35.5 Å². The molecule has 1 aliphatic rings. The minimum Gasteiger partial charge on any atom is -0.338 e. The molecular weight excluding hydrogens is 262 g/mol. The van der Waals surface area contributed by atoms with Crippen molar-refractivity contribution >= 4 is 12.4 Å². The van der Waals surface area contributed by atoms with E-state index in [1.165, 1.54) is 12.0 Å². The largest absolute Gasteiger partial charge is 0.338 e. The van der Waals surface area contributed by atoms with E-state index in [1.807, 2.05) is 6.07 Å². The van der Waals surface area contributed by atoms with Crippen molar-refractivity contribution < 1.29 is 4.52 Å². The standard InChI is InChI=1S/C14H17N3O.ClH/c1-2-5-11(6-3-1)8-9-13-16-14(18-17-13)12-7-4-10-15-12;/h1-3,5-6,12,15H,4,7-10H2;1H/t12-;/m0./s1. The Kier molecular flexibility index (Phi) is 4.93. The Balaban J connectivity index is 0.00000133. The van der Waals surface area contributed by atoms with E-state index < -0.39 is 0 Å². The van der Waals surface area contributed by atoms with Crippen LogP contribution in [0.4, 0.5) is 0 Å². The molecule has 1 saturated heterocycles. The molecule has 0 bridgehead atoms. The van der Waals surface area contributed by atoms with Crippen molar-refractivity contribution in [3.8, 4) is 0 Å². The fourth-order valence-corrected chi connectivity index (χ4v) is 2.31. The van der Waals surface area contributed by atoms with Gasteiger partial charge in [0.25, 0.3) is 0 Å². The van der Waals surface area contributed by atoms with Gasteiger partial charge in [0, 0.05) is 6.42 Å². The molecule has 0 radical (unpaired) electrons. The zero-order chi connectivity index (χ0) is 12.2. The number of hydrogen-bond donors (Lipinski definition) is 1. The number of nitrogens with zero attached hydrogens (tertiary/aromatic N) is 2. The first-order valence-corrected chi connectivity index (χ1v) is 6.51. The second-order valence-corrected chi connectivity index (χ2v) is 4.68. The predicted octanol–water partition coefficient (Wildman–Crippen LogP) is 2.70. The molecule has 1 fully saturated rings. The van der Waals surface area contributed by atoms with Crippen LogP contribution in [0.5, 0.6) is 0 Å². The van der Waals surface area contributed by atoms with Gasteiger partial charge in [-0.3, -0.25) is 0 Å². The van der Waals surface area contributed by atoms with Gasteiger partial charge in [0.05, 0.1) is 6.04 Å². The van der Waals surface area contributed by atoms with E-state index in [2.05, 4.69) is 39.7 Å². The average molecular weight is 280 g/mol. The first-order chi connectivity index (χ1) is 8.92. The summed E-state index contributed by atoms with van der Waals surface area (Å²) in [6.07, 6.45) is 4.07. The molecule has 0 saturated carbocycles. The fraction of sp³-hybridized carbons (Fsp3) is 0.429. The van der Waals surface area contributed by atoms with Crippen molar-refractivity contribution in [2.75, 3.05) is 6.54 Å². The molecule has 3 rings (SSSR count). The van der Waals surface area contributed by atoms with Crippen LogP contribution in [0.1, 0.15) is 36.2 Å². The fourth-order valence-electron chi connectivity index (χ4n) is 2.31. The molecule has 5 heteroatoms. The van der Waals surface area contributed by atoms with E-state index in [4.69, 9.17) is 4.52 Å². The normalized spacial score (nSPS) is 18.2. The summed E-state index contributed by atoms with van der Waals surface area (Å²) in [7, 11) is 0. The summed E-state index contributed by atoms with van der Waals surface area (Å²) < 4.78 is 5.31. The van der Waals surface area contributed by atoms with Crippen LogP contribution < -0.4 is 5.32 Å². The van der Waals surface area contributed by atoms with Gasteiger partial charge in [-0.25, -0.2) is 0 Å². The lowest BCUT2D eigenvalue weighted by Crippen LogP contribution is -2.13. The molecule has 0 aliphatic carbocycles. The number of nitrogens with one attached hydrogen (secondary N) is 1. The summed E-state index contributed by atoms with van der Waals surface area (Å²) in [5, 5.41) is 7.41. The van der Waals surface area contributed by atoms with Crippen LogP contribution in [0.25, 0.3) is 0 Å². The Bertz CT molecular complexity index is 494. The molecule has 4 nitrogen and oxygen atoms in total. The summed E-state index contributed by atoms with van der Waals surface area (Å²) in [5.74, 6) is 1.55. The lowest BCUT2D eigenvalue weighted by molar-refractivity contribution is 0.341. The molecule has 1 aromatic heterocycles. The Morgan fingerprint density at radius 2 is 2.05 bits per heavy atom. The van der Waals surface area contributed by atoms with Crippen molar-refractivity contribution in [2.24, 2.45) is 0 Å². The minimum atomic E-state index is 0. The number of hydrogen-bond acceptors (Lipinski definition) is 4. The van der Waals surface area contributed by atoms with E-state index >= 15 is 0 Å². The van der Waals surface area contributed by atoms with Gasteiger partial charge in [0.15, 0.2) is 5.82 Å². The Hall–Kier alpha value is -1.39. The van der Waals surface area contributed by atoms with Gasteiger partial charge in [-0.2, -0.15) is 4.98 Å². The van der Waals surface area contributed by atoms with Gasteiger partial charge in [0.1, 0.15) is 0 Å². The minimum absolute atomic E-state index is 0. The van der Waals surface area contributed by atoms with E-state index in [-0.39, 0.29) is 18.4 Å². The van der Waals surface area contributed by atoms with E-state index in [9.17, 15) is 0 Å². The van der Waals surface area contributed by atoms with Gasteiger partial charge in [-0.05, 0) is 31.4 Å². The Morgan fingerprint density at radius 3 is 2.79 bits per heavy atom. The molecular formula is C14H18ClN3O. The molecule has 19 heavy (non-hydrogen) atoms.